The SMILES string of the molecule is CC(C(=O)NCc1cc(Cl)c2c(c1)OCCO2)C(N)c1ccccc1.Cl. The number of benzene rings is 2. The number of halogens is 2. The van der Waals surface area contributed by atoms with Crippen LogP contribution in [0.15, 0.2) is 42.5 Å². The van der Waals surface area contributed by atoms with E-state index in [0.29, 0.717) is 36.3 Å². The molecule has 0 aromatic heterocycles. The highest BCUT2D eigenvalue weighted by atomic mass is 35.5. The Balaban J connectivity index is 0.00000243. The lowest BCUT2D eigenvalue weighted by Crippen LogP contribution is -2.35. The summed E-state index contributed by atoms with van der Waals surface area (Å²) in [5.74, 6) is 0.706. The Morgan fingerprint density at radius 3 is 2.65 bits per heavy atom. The van der Waals surface area contributed by atoms with E-state index >= 15 is 0 Å². The Kier molecular flexibility index (Phi) is 7.14. The summed E-state index contributed by atoms with van der Waals surface area (Å²) in [5.41, 5.74) is 7.99. The predicted molar refractivity (Wildman–Crippen MR) is 104 cm³/mol. The van der Waals surface area contributed by atoms with Crippen molar-refractivity contribution in [2.24, 2.45) is 11.7 Å². The molecule has 1 heterocycles. The number of amides is 1. The molecule has 0 fully saturated rings. The Bertz CT molecular complexity index is 756. The Labute approximate surface area is 164 Å². The van der Waals surface area contributed by atoms with E-state index in [1.165, 1.54) is 0 Å². The maximum absolute atomic E-state index is 12.4. The van der Waals surface area contributed by atoms with Crippen LogP contribution in [0, 0.1) is 5.92 Å². The summed E-state index contributed by atoms with van der Waals surface area (Å²) in [6, 6.07) is 12.9. The van der Waals surface area contributed by atoms with Crippen LogP contribution < -0.4 is 20.5 Å². The van der Waals surface area contributed by atoms with Gasteiger partial charge in [0.15, 0.2) is 11.5 Å². The van der Waals surface area contributed by atoms with Gasteiger partial charge < -0.3 is 20.5 Å². The highest BCUT2D eigenvalue weighted by Gasteiger charge is 2.22. The molecule has 0 spiro atoms. The fraction of sp³-hybridized carbons (Fsp3) is 0.316. The minimum Gasteiger partial charge on any atom is -0.486 e. The smallest absolute Gasteiger partial charge is 0.225 e. The van der Waals surface area contributed by atoms with Crippen molar-refractivity contribution in [1.82, 2.24) is 5.32 Å². The van der Waals surface area contributed by atoms with Gasteiger partial charge in [-0.2, -0.15) is 0 Å². The summed E-state index contributed by atoms with van der Waals surface area (Å²) in [4.78, 5) is 12.4. The monoisotopic (exact) mass is 396 g/mol. The zero-order chi connectivity index (χ0) is 17.8. The Morgan fingerprint density at radius 1 is 1.23 bits per heavy atom. The highest BCUT2D eigenvalue weighted by Crippen LogP contribution is 2.38. The molecule has 3 N–H and O–H groups in total. The quantitative estimate of drug-likeness (QED) is 0.810. The molecule has 0 aliphatic carbocycles. The molecule has 7 heteroatoms. The van der Waals surface area contributed by atoms with Crippen molar-refractivity contribution in [2.45, 2.75) is 19.5 Å². The van der Waals surface area contributed by atoms with Gasteiger partial charge in [0.2, 0.25) is 5.91 Å². The zero-order valence-corrected chi connectivity index (χ0v) is 16.0. The van der Waals surface area contributed by atoms with Crippen molar-refractivity contribution in [3.8, 4) is 11.5 Å². The van der Waals surface area contributed by atoms with Crippen LogP contribution in [0.25, 0.3) is 0 Å². The largest absolute Gasteiger partial charge is 0.486 e. The average molecular weight is 397 g/mol. The molecule has 0 saturated carbocycles. The lowest BCUT2D eigenvalue weighted by Gasteiger charge is -2.21. The van der Waals surface area contributed by atoms with Crippen LogP contribution in [0.2, 0.25) is 5.02 Å². The van der Waals surface area contributed by atoms with E-state index in [1.54, 1.807) is 6.07 Å². The molecule has 0 saturated heterocycles. The van der Waals surface area contributed by atoms with Crippen LogP contribution in [-0.4, -0.2) is 19.1 Å². The Hall–Kier alpha value is -1.95. The van der Waals surface area contributed by atoms with E-state index in [0.717, 1.165) is 11.1 Å². The molecule has 3 rings (SSSR count). The number of carbonyl (C=O) groups is 1. The molecule has 140 valence electrons. The number of fused-ring (bicyclic) bond motifs is 1. The first kappa shape index (κ1) is 20.4. The zero-order valence-electron chi connectivity index (χ0n) is 14.4. The molecule has 1 amide bonds. The van der Waals surface area contributed by atoms with Gasteiger partial charge in [0.1, 0.15) is 13.2 Å². The fourth-order valence-corrected chi connectivity index (χ4v) is 3.03. The molecule has 2 aromatic rings. The van der Waals surface area contributed by atoms with Gasteiger partial charge in [-0.3, -0.25) is 4.79 Å². The lowest BCUT2D eigenvalue weighted by atomic mass is 9.94. The predicted octanol–water partition coefficient (Wildman–Crippen LogP) is 3.49. The maximum atomic E-state index is 12.4. The van der Waals surface area contributed by atoms with Crippen LogP contribution in [0.4, 0.5) is 0 Å². The van der Waals surface area contributed by atoms with Crippen molar-refractivity contribution < 1.29 is 14.3 Å². The van der Waals surface area contributed by atoms with Gasteiger partial charge in [-0.1, -0.05) is 48.9 Å². The summed E-state index contributed by atoms with van der Waals surface area (Å²) < 4.78 is 11.0. The van der Waals surface area contributed by atoms with Gasteiger partial charge >= 0.3 is 0 Å². The summed E-state index contributed by atoms with van der Waals surface area (Å²) in [6.45, 7) is 3.14. The van der Waals surface area contributed by atoms with Crippen molar-refractivity contribution in [1.29, 1.82) is 0 Å². The first-order valence-corrected chi connectivity index (χ1v) is 8.60. The molecular weight excluding hydrogens is 375 g/mol. The lowest BCUT2D eigenvalue weighted by molar-refractivity contribution is -0.125. The second-order valence-corrected chi connectivity index (χ2v) is 6.45. The number of nitrogens with two attached hydrogens (primary N) is 1. The molecule has 1 aliphatic rings. The third kappa shape index (κ3) is 4.61. The number of ether oxygens (including phenoxy) is 2. The van der Waals surface area contributed by atoms with E-state index in [4.69, 9.17) is 26.8 Å². The fourth-order valence-electron chi connectivity index (χ4n) is 2.74. The van der Waals surface area contributed by atoms with Gasteiger partial charge in [-0.25, -0.2) is 0 Å². The number of rotatable bonds is 5. The van der Waals surface area contributed by atoms with Gasteiger partial charge in [-0.05, 0) is 23.3 Å². The summed E-state index contributed by atoms with van der Waals surface area (Å²) in [7, 11) is 0. The topological polar surface area (TPSA) is 73.6 Å². The third-order valence-corrected chi connectivity index (χ3v) is 4.54. The van der Waals surface area contributed by atoms with Crippen molar-refractivity contribution in [3.63, 3.8) is 0 Å². The van der Waals surface area contributed by atoms with Crippen LogP contribution in [-0.2, 0) is 11.3 Å². The molecule has 5 nitrogen and oxygen atoms in total. The van der Waals surface area contributed by atoms with Gasteiger partial charge in [-0.15, -0.1) is 12.4 Å². The van der Waals surface area contributed by atoms with Crippen LogP contribution in [0.1, 0.15) is 24.1 Å². The standard InChI is InChI=1S/C19H21ClN2O3.ClH/c1-12(17(21)14-5-3-2-4-6-14)19(23)22-11-13-9-15(20)18-16(10-13)24-7-8-25-18;/h2-6,9-10,12,17H,7-8,11,21H2,1H3,(H,22,23);1H. The van der Waals surface area contributed by atoms with Crippen molar-refractivity contribution >= 4 is 29.9 Å². The maximum Gasteiger partial charge on any atom is 0.225 e. The summed E-state index contributed by atoms with van der Waals surface area (Å²) >= 11 is 6.22. The number of hydrogen-bond donors (Lipinski definition) is 2. The molecule has 2 atom stereocenters. The second-order valence-electron chi connectivity index (χ2n) is 6.04. The van der Waals surface area contributed by atoms with E-state index in [2.05, 4.69) is 5.32 Å². The van der Waals surface area contributed by atoms with Gasteiger partial charge in [0, 0.05) is 12.6 Å². The number of nitrogens with one attached hydrogen (secondary N) is 1. The molecule has 1 aliphatic heterocycles. The number of hydrogen-bond acceptors (Lipinski definition) is 4. The van der Waals surface area contributed by atoms with Crippen molar-refractivity contribution in [3.05, 3.63) is 58.6 Å². The van der Waals surface area contributed by atoms with Crippen LogP contribution in [0.5, 0.6) is 11.5 Å². The van der Waals surface area contributed by atoms with Gasteiger partial charge in [0.05, 0.1) is 10.9 Å². The average Bonchev–Trinajstić information content (AvgIpc) is 2.65. The van der Waals surface area contributed by atoms with E-state index in [-0.39, 0.29) is 30.3 Å². The molecule has 0 radical (unpaired) electrons. The third-order valence-electron chi connectivity index (χ3n) is 4.26. The first-order valence-electron chi connectivity index (χ1n) is 8.22. The minimum atomic E-state index is -0.356. The molecule has 26 heavy (non-hydrogen) atoms. The molecular formula is C19H22Cl2N2O3. The summed E-state index contributed by atoms with van der Waals surface area (Å²) in [5, 5.41) is 3.39. The van der Waals surface area contributed by atoms with Crippen LogP contribution >= 0.6 is 24.0 Å². The Morgan fingerprint density at radius 2 is 1.92 bits per heavy atom. The van der Waals surface area contributed by atoms with Crippen LogP contribution in [0.3, 0.4) is 0 Å². The number of carbonyl (C=O) groups excluding carboxylic acids is 1. The molecule has 2 aromatic carbocycles. The second kappa shape index (κ2) is 9.12. The van der Waals surface area contributed by atoms with Gasteiger partial charge in [0.25, 0.3) is 0 Å². The summed E-state index contributed by atoms with van der Waals surface area (Å²) in [6.07, 6.45) is 0. The van der Waals surface area contributed by atoms with Crippen molar-refractivity contribution in [2.75, 3.05) is 13.2 Å². The minimum absolute atomic E-state index is 0. The van der Waals surface area contributed by atoms with E-state index < -0.39 is 0 Å². The highest BCUT2D eigenvalue weighted by molar-refractivity contribution is 6.32. The molecule has 2 unspecified atom stereocenters. The van der Waals surface area contributed by atoms with E-state index in [1.807, 2.05) is 43.3 Å². The van der Waals surface area contributed by atoms with E-state index in [9.17, 15) is 4.79 Å². The first-order chi connectivity index (χ1) is 12.1. The molecule has 0 bridgehead atoms. The normalized spacial score (nSPS) is 14.7.